The third kappa shape index (κ3) is 3.52. The van der Waals surface area contributed by atoms with Gasteiger partial charge in [0.2, 0.25) is 0 Å². The zero-order valence-electron chi connectivity index (χ0n) is 8.38. The third-order valence-corrected chi connectivity index (χ3v) is 1.79. The fraction of sp³-hybridized carbons (Fsp3) is 0.300. The standard InChI is InChI=1S/C10H9F4NO/c1-16-15-3-2-7-4-8(10(12,13)14)6-9(11)5-7/h3-6H,2H2,1H3. The molecule has 1 aromatic rings. The fourth-order valence-electron chi connectivity index (χ4n) is 1.15. The van der Waals surface area contributed by atoms with Crippen molar-refractivity contribution in [3.05, 3.63) is 35.1 Å². The summed E-state index contributed by atoms with van der Waals surface area (Å²) in [7, 11) is 1.31. The predicted molar refractivity (Wildman–Crippen MR) is 50.6 cm³/mol. The highest BCUT2D eigenvalue weighted by Gasteiger charge is 2.31. The summed E-state index contributed by atoms with van der Waals surface area (Å²) >= 11 is 0. The lowest BCUT2D eigenvalue weighted by atomic mass is 10.1. The Morgan fingerprint density at radius 1 is 1.31 bits per heavy atom. The van der Waals surface area contributed by atoms with Crippen LogP contribution in [0.2, 0.25) is 0 Å². The van der Waals surface area contributed by atoms with Crippen LogP contribution in [0.15, 0.2) is 23.4 Å². The average molecular weight is 235 g/mol. The van der Waals surface area contributed by atoms with Crippen molar-refractivity contribution >= 4 is 6.21 Å². The smallest absolute Gasteiger partial charge is 0.399 e. The van der Waals surface area contributed by atoms with Gasteiger partial charge < -0.3 is 4.84 Å². The van der Waals surface area contributed by atoms with Gasteiger partial charge in [-0.25, -0.2) is 4.39 Å². The van der Waals surface area contributed by atoms with E-state index in [2.05, 4.69) is 9.99 Å². The highest BCUT2D eigenvalue weighted by Crippen LogP contribution is 2.30. The predicted octanol–water partition coefficient (Wildman–Crippen LogP) is 3.02. The Bertz CT molecular complexity index is 387. The molecular formula is C10H9F4NO. The first-order chi connectivity index (χ1) is 7.43. The summed E-state index contributed by atoms with van der Waals surface area (Å²) in [6.07, 6.45) is -3.21. The molecule has 0 atom stereocenters. The quantitative estimate of drug-likeness (QED) is 0.448. The maximum Gasteiger partial charge on any atom is 0.416 e. The summed E-state index contributed by atoms with van der Waals surface area (Å²) in [5, 5.41) is 3.36. The van der Waals surface area contributed by atoms with Crippen molar-refractivity contribution in [2.45, 2.75) is 12.6 Å². The first-order valence-corrected chi connectivity index (χ1v) is 4.35. The van der Waals surface area contributed by atoms with E-state index in [1.54, 1.807) is 0 Å². The molecule has 0 bridgehead atoms. The highest BCUT2D eigenvalue weighted by atomic mass is 19.4. The van der Waals surface area contributed by atoms with Crippen molar-refractivity contribution in [1.82, 2.24) is 0 Å². The van der Waals surface area contributed by atoms with Crippen LogP contribution in [0.4, 0.5) is 17.6 Å². The molecule has 0 unspecified atom stereocenters. The van der Waals surface area contributed by atoms with Crippen LogP contribution >= 0.6 is 0 Å². The second-order valence-electron chi connectivity index (χ2n) is 3.02. The second-order valence-corrected chi connectivity index (χ2v) is 3.02. The minimum absolute atomic E-state index is 0.0781. The monoisotopic (exact) mass is 235 g/mol. The Hall–Kier alpha value is -1.59. The van der Waals surface area contributed by atoms with E-state index < -0.39 is 17.6 Å². The van der Waals surface area contributed by atoms with Gasteiger partial charge in [0.05, 0.1) is 5.56 Å². The lowest BCUT2D eigenvalue weighted by molar-refractivity contribution is -0.137. The molecule has 1 rings (SSSR count). The van der Waals surface area contributed by atoms with Gasteiger partial charge in [0.15, 0.2) is 0 Å². The number of hydrogen-bond donors (Lipinski definition) is 0. The Morgan fingerprint density at radius 2 is 2.00 bits per heavy atom. The van der Waals surface area contributed by atoms with Crippen LogP contribution < -0.4 is 0 Å². The maximum absolute atomic E-state index is 12.9. The molecule has 0 amide bonds. The van der Waals surface area contributed by atoms with E-state index in [0.29, 0.717) is 6.07 Å². The van der Waals surface area contributed by atoms with Gasteiger partial charge in [-0.15, -0.1) is 0 Å². The summed E-state index contributed by atoms with van der Waals surface area (Å²) in [4.78, 5) is 4.34. The first kappa shape index (κ1) is 12.5. The van der Waals surface area contributed by atoms with Crippen molar-refractivity contribution in [1.29, 1.82) is 0 Å². The third-order valence-electron chi connectivity index (χ3n) is 1.79. The molecule has 0 saturated carbocycles. The van der Waals surface area contributed by atoms with Crippen LogP contribution in [0.1, 0.15) is 11.1 Å². The number of oxime groups is 1. The number of halogens is 4. The van der Waals surface area contributed by atoms with Gasteiger partial charge in [0.1, 0.15) is 12.9 Å². The molecule has 2 nitrogen and oxygen atoms in total. The van der Waals surface area contributed by atoms with E-state index in [1.165, 1.54) is 13.3 Å². The molecule has 0 N–H and O–H groups in total. The van der Waals surface area contributed by atoms with E-state index in [4.69, 9.17) is 0 Å². The molecule has 16 heavy (non-hydrogen) atoms. The summed E-state index contributed by atoms with van der Waals surface area (Å²) in [6, 6.07) is 2.36. The lowest BCUT2D eigenvalue weighted by Crippen LogP contribution is -2.06. The van der Waals surface area contributed by atoms with Crippen molar-refractivity contribution < 1.29 is 22.4 Å². The van der Waals surface area contributed by atoms with Gasteiger partial charge in [-0.2, -0.15) is 13.2 Å². The van der Waals surface area contributed by atoms with Crippen LogP contribution in [0.3, 0.4) is 0 Å². The van der Waals surface area contributed by atoms with Crippen LogP contribution in [-0.4, -0.2) is 13.3 Å². The second kappa shape index (κ2) is 4.96. The molecule has 0 aliphatic carbocycles. The van der Waals surface area contributed by atoms with Gasteiger partial charge in [-0.05, 0) is 23.8 Å². The summed E-state index contributed by atoms with van der Waals surface area (Å²) in [5.74, 6) is -0.921. The summed E-state index contributed by atoms with van der Waals surface area (Å²) in [6.45, 7) is 0. The molecule has 0 heterocycles. The lowest BCUT2D eigenvalue weighted by Gasteiger charge is -2.08. The van der Waals surface area contributed by atoms with E-state index in [1.807, 2.05) is 0 Å². The first-order valence-electron chi connectivity index (χ1n) is 4.35. The molecule has 88 valence electrons. The molecule has 0 fully saturated rings. The molecule has 0 saturated heterocycles. The largest absolute Gasteiger partial charge is 0.416 e. The minimum Gasteiger partial charge on any atom is -0.399 e. The van der Waals surface area contributed by atoms with E-state index >= 15 is 0 Å². The van der Waals surface area contributed by atoms with Gasteiger partial charge in [0, 0.05) is 12.6 Å². The summed E-state index contributed by atoms with van der Waals surface area (Å²) < 4.78 is 49.8. The average Bonchev–Trinajstić information content (AvgIpc) is 2.16. The number of hydrogen-bond acceptors (Lipinski definition) is 2. The van der Waals surface area contributed by atoms with E-state index in [0.717, 1.165) is 12.1 Å². The van der Waals surface area contributed by atoms with Gasteiger partial charge >= 0.3 is 6.18 Å². The molecule has 6 heteroatoms. The minimum atomic E-state index is -4.55. The molecule has 0 aliphatic heterocycles. The topological polar surface area (TPSA) is 21.6 Å². The fourth-order valence-corrected chi connectivity index (χ4v) is 1.15. The zero-order valence-corrected chi connectivity index (χ0v) is 8.38. The highest BCUT2D eigenvalue weighted by molar-refractivity contribution is 5.60. The number of benzene rings is 1. The van der Waals surface area contributed by atoms with E-state index in [-0.39, 0.29) is 12.0 Å². The van der Waals surface area contributed by atoms with Crippen molar-refractivity contribution in [3.8, 4) is 0 Å². The van der Waals surface area contributed by atoms with Crippen molar-refractivity contribution in [2.75, 3.05) is 7.11 Å². The Morgan fingerprint density at radius 3 is 2.56 bits per heavy atom. The van der Waals surface area contributed by atoms with Crippen LogP contribution in [0.5, 0.6) is 0 Å². The molecule has 0 aliphatic rings. The van der Waals surface area contributed by atoms with Gasteiger partial charge in [-0.1, -0.05) is 5.16 Å². The summed E-state index contributed by atoms with van der Waals surface area (Å²) in [5.41, 5.74) is -0.818. The number of alkyl halides is 3. The number of rotatable bonds is 3. The Kier molecular flexibility index (Phi) is 3.87. The maximum atomic E-state index is 12.9. The van der Waals surface area contributed by atoms with Crippen LogP contribution in [0.25, 0.3) is 0 Å². The van der Waals surface area contributed by atoms with Gasteiger partial charge in [-0.3, -0.25) is 0 Å². The molecule has 1 aromatic carbocycles. The molecule has 0 radical (unpaired) electrons. The van der Waals surface area contributed by atoms with Crippen LogP contribution in [-0.2, 0) is 17.4 Å². The normalized spacial score (nSPS) is 12.1. The van der Waals surface area contributed by atoms with Crippen LogP contribution in [0, 0.1) is 5.82 Å². The Balaban J connectivity index is 2.95. The SMILES string of the molecule is CON=CCc1cc(F)cc(C(F)(F)F)c1. The van der Waals surface area contributed by atoms with Gasteiger partial charge in [0.25, 0.3) is 0 Å². The zero-order chi connectivity index (χ0) is 12.2. The van der Waals surface area contributed by atoms with Crippen molar-refractivity contribution in [2.24, 2.45) is 5.16 Å². The van der Waals surface area contributed by atoms with E-state index in [9.17, 15) is 17.6 Å². The molecule has 0 aromatic heterocycles. The Labute approximate surface area is 89.5 Å². The molecule has 0 spiro atoms. The molecular weight excluding hydrogens is 226 g/mol. The number of nitrogens with zero attached hydrogens (tertiary/aromatic N) is 1. The van der Waals surface area contributed by atoms with Crippen molar-refractivity contribution in [3.63, 3.8) is 0 Å².